The number of nitrogens with one attached hydrogen (secondary N) is 1. The van der Waals surface area contributed by atoms with Crippen LogP contribution in [-0.2, 0) is 24.4 Å². The first-order chi connectivity index (χ1) is 16.3. The number of nitrogens with zero attached hydrogens (tertiary/aromatic N) is 1. The number of H-pyrrole nitrogens is 1. The monoisotopic (exact) mass is 500 g/mol. The smallest absolute Gasteiger partial charge is 0.335 e. The molecule has 0 aliphatic carbocycles. The highest BCUT2D eigenvalue weighted by Crippen LogP contribution is 2.23. The molecule has 34 heavy (non-hydrogen) atoms. The molecule has 2 N–H and O–H groups in total. The van der Waals surface area contributed by atoms with E-state index in [9.17, 15) is 18.8 Å². The topological polar surface area (TPSA) is 109 Å². The second-order valence-corrected chi connectivity index (χ2v) is 8.79. The average molecular weight is 501 g/mol. The molecule has 0 spiro atoms. The molecular formula is C24H18ClFN2O5S. The molecule has 0 aliphatic heterocycles. The average Bonchev–Trinajstić information content (AvgIpc) is 3.23. The van der Waals surface area contributed by atoms with Crippen molar-refractivity contribution >= 4 is 44.9 Å². The van der Waals surface area contributed by atoms with E-state index in [1.807, 2.05) is 0 Å². The van der Waals surface area contributed by atoms with Gasteiger partial charge in [-0.1, -0.05) is 29.8 Å². The molecule has 4 rings (SSSR count). The fourth-order valence-corrected chi connectivity index (χ4v) is 4.47. The second kappa shape index (κ2) is 10.3. The van der Waals surface area contributed by atoms with Crippen LogP contribution in [0.2, 0.25) is 5.02 Å². The largest absolute Gasteiger partial charge is 0.478 e. The Kier molecular flexibility index (Phi) is 7.16. The molecule has 0 bridgehead atoms. The van der Waals surface area contributed by atoms with Gasteiger partial charge in [-0.25, -0.2) is 14.2 Å². The van der Waals surface area contributed by atoms with Crippen molar-refractivity contribution in [1.82, 2.24) is 9.97 Å². The van der Waals surface area contributed by atoms with E-state index < -0.39 is 17.3 Å². The third kappa shape index (κ3) is 5.39. The maximum absolute atomic E-state index is 13.3. The predicted octanol–water partition coefficient (Wildman–Crippen LogP) is 5.01. The third-order valence-electron chi connectivity index (χ3n) is 5.14. The van der Waals surface area contributed by atoms with Crippen molar-refractivity contribution in [2.24, 2.45) is 0 Å². The van der Waals surface area contributed by atoms with E-state index in [2.05, 4.69) is 9.97 Å². The van der Waals surface area contributed by atoms with Crippen LogP contribution in [0.25, 0.3) is 10.2 Å². The van der Waals surface area contributed by atoms with E-state index in [0.29, 0.717) is 27.8 Å². The van der Waals surface area contributed by atoms with Gasteiger partial charge in [-0.05, 0) is 47.2 Å². The number of Topliss-reactive ketones (excluding diaryl/α,β-unsaturated/α-hetero) is 1. The van der Waals surface area contributed by atoms with Crippen LogP contribution in [0.5, 0.6) is 0 Å². The van der Waals surface area contributed by atoms with E-state index in [1.54, 1.807) is 23.6 Å². The fourth-order valence-electron chi connectivity index (χ4n) is 3.34. The quantitative estimate of drug-likeness (QED) is 0.313. The lowest BCUT2D eigenvalue weighted by Gasteiger charge is -2.05. The van der Waals surface area contributed by atoms with Crippen LogP contribution in [0, 0.1) is 5.82 Å². The molecule has 174 valence electrons. The predicted molar refractivity (Wildman–Crippen MR) is 126 cm³/mol. The van der Waals surface area contributed by atoms with Crippen LogP contribution in [0.4, 0.5) is 4.39 Å². The molecule has 0 saturated carbocycles. The number of hydrogen-bond donors (Lipinski definition) is 2. The lowest BCUT2D eigenvalue weighted by molar-refractivity contribution is 0.0696. The Morgan fingerprint density at radius 2 is 1.85 bits per heavy atom. The number of ether oxygens (including phenoxy) is 1. The number of carbonyl (C=O) groups is 2. The summed E-state index contributed by atoms with van der Waals surface area (Å²) in [4.78, 5) is 43.5. The van der Waals surface area contributed by atoms with E-state index in [-0.39, 0.29) is 41.8 Å². The summed E-state index contributed by atoms with van der Waals surface area (Å²) in [5, 5.41) is 11.1. The van der Waals surface area contributed by atoms with E-state index >= 15 is 0 Å². The number of fused-ring (bicyclic) bond motifs is 1. The Labute approximate surface area is 201 Å². The molecule has 0 fully saturated rings. The van der Waals surface area contributed by atoms with E-state index in [0.717, 1.165) is 5.56 Å². The minimum Gasteiger partial charge on any atom is -0.478 e. The molecule has 4 aromatic rings. The molecule has 0 saturated heterocycles. The maximum atomic E-state index is 13.3. The highest BCUT2D eigenvalue weighted by atomic mass is 35.5. The molecular weight excluding hydrogens is 483 g/mol. The molecule has 2 aromatic carbocycles. The number of benzene rings is 2. The molecule has 0 aliphatic rings. The minimum atomic E-state index is -0.998. The Morgan fingerprint density at radius 3 is 2.56 bits per heavy atom. The molecule has 2 aromatic heterocycles. The van der Waals surface area contributed by atoms with Crippen molar-refractivity contribution in [2.45, 2.75) is 26.1 Å². The van der Waals surface area contributed by atoms with E-state index in [4.69, 9.17) is 21.4 Å². The first kappa shape index (κ1) is 23.7. The number of aryl methyl sites for hydroxylation is 1. The number of aromatic nitrogens is 2. The van der Waals surface area contributed by atoms with Crippen LogP contribution < -0.4 is 5.56 Å². The summed E-state index contributed by atoms with van der Waals surface area (Å²) in [7, 11) is 0. The number of carboxylic acids is 1. The van der Waals surface area contributed by atoms with Crippen molar-refractivity contribution in [1.29, 1.82) is 0 Å². The molecule has 0 radical (unpaired) electrons. The second-order valence-electron chi connectivity index (χ2n) is 7.52. The highest BCUT2D eigenvalue weighted by Gasteiger charge is 2.16. The summed E-state index contributed by atoms with van der Waals surface area (Å²) in [6.07, 6.45) is 0.413. The van der Waals surface area contributed by atoms with Gasteiger partial charge in [-0.15, -0.1) is 11.3 Å². The zero-order valence-corrected chi connectivity index (χ0v) is 19.2. The lowest BCUT2D eigenvalue weighted by atomic mass is 10.1. The van der Waals surface area contributed by atoms with Crippen LogP contribution >= 0.6 is 22.9 Å². The maximum Gasteiger partial charge on any atom is 0.335 e. The number of carboxylic acid groups (broad SMARTS) is 1. The SMILES string of the molecule is O=C(O)c1ccc(COCc2csc3nc(C(=O)CCc4ccc(F)c(Cl)c4)[nH]c(=O)c23)cc1. The van der Waals surface area contributed by atoms with Gasteiger partial charge in [0.25, 0.3) is 5.56 Å². The summed E-state index contributed by atoms with van der Waals surface area (Å²) in [5.41, 5.74) is 1.92. The first-order valence-corrected chi connectivity index (χ1v) is 11.4. The van der Waals surface area contributed by atoms with Crippen LogP contribution in [0.3, 0.4) is 0 Å². The number of halogens is 2. The normalized spacial score (nSPS) is 11.1. The van der Waals surface area contributed by atoms with Crippen molar-refractivity contribution in [3.63, 3.8) is 0 Å². The highest BCUT2D eigenvalue weighted by molar-refractivity contribution is 7.16. The van der Waals surface area contributed by atoms with Crippen molar-refractivity contribution in [3.8, 4) is 0 Å². The lowest BCUT2D eigenvalue weighted by Crippen LogP contribution is -2.16. The number of carbonyl (C=O) groups excluding carboxylic acids is 1. The number of aromatic carboxylic acids is 1. The van der Waals surface area contributed by atoms with Gasteiger partial charge in [0, 0.05) is 12.0 Å². The van der Waals surface area contributed by atoms with Crippen LogP contribution in [0.15, 0.2) is 52.6 Å². The van der Waals surface area contributed by atoms with Gasteiger partial charge >= 0.3 is 5.97 Å². The Hall–Kier alpha value is -3.40. The summed E-state index contributed by atoms with van der Waals surface area (Å²) in [5.74, 6) is -1.89. The number of rotatable bonds is 9. The molecule has 0 atom stereocenters. The minimum absolute atomic E-state index is 0.0106. The summed E-state index contributed by atoms with van der Waals surface area (Å²) < 4.78 is 19.0. The molecule has 0 unspecified atom stereocenters. The Balaban J connectivity index is 1.41. The van der Waals surface area contributed by atoms with Gasteiger partial charge in [0.15, 0.2) is 11.6 Å². The van der Waals surface area contributed by atoms with Crippen LogP contribution in [-0.4, -0.2) is 26.8 Å². The van der Waals surface area contributed by atoms with Gasteiger partial charge in [0.05, 0.1) is 29.2 Å². The van der Waals surface area contributed by atoms with Crippen molar-refractivity contribution < 1.29 is 23.8 Å². The molecule has 0 amide bonds. The van der Waals surface area contributed by atoms with Gasteiger partial charge in [0.1, 0.15) is 10.6 Å². The number of aromatic amines is 1. The zero-order chi connectivity index (χ0) is 24.2. The third-order valence-corrected chi connectivity index (χ3v) is 6.35. The Morgan fingerprint density at radius 1 is 1.12 bits per heavy atom. The first-order valence-electron chi connectivity index (χ1n) is 10.2. The molecule has 7 nitrogen and oxygen atoms in total. The van der Waals surface area contributed by atoms with Gasteiger partial charge in [0.2, 0.25) is 0 Å². The van der Waals surface area contributed by atoms with Crippen molar-refractivity contribution in [3.05, 3.63) is 97.1 Å². The van der Waals surface area contributed by atoms with Gasteiger partial charge in [-0.3, -0.25) is 9.59 Å². The summed E-state index contributed by atoms with van der Waals surface area (Å²) in [6, 6.07) is 10.6. The number of thiophene rings is 1. The molecule has 10 heteroatoms. The van der Waals surface area contributed by atoms with Gasteiger partial charge in [-0.2, -0.15) is 0 Å². The van der Waals surface area contributed by atoms with Crippen LogP contribution in [0.1, 0.15) is 44.1 Å². The zero-order valence-electron chi connectivity index (χ0n) is 17.6. The molecule has 2 heterocycles. The number of hydrogen-bond acceptors (Lipinski definition) is 6. The number of ketones is 1. The Bertz CT molecular complexity index is 1430. The fraction of sp³-hybridized carbons (Fsp3) is 0.167. The van der Waals surface area contributed by atoms with E-state index in [1.165, 1.54) is 35.6 Å². The van der Waals surface area contributed by atoms with Crippen molar-refractivity contribution in [2.75, 3.05) is 0 Å². The standard InChI is InChI=1S/C24H18ClFN2O5S/c25-17-9-13(3-7-18(17)26)4-8-19(29)21-27-22(30)20-16(12-34-23(20)28-21)11-33-10-14-1-5-15(6-2-14)24(31)32/h1-3,5-7,9,12H,4,8,10-11H2,(H,31,32)(H,27,28,30). The summed E-state index contributed by atoms with van der Waals surface area (Å²) in [6.45, 7) is 0.399. The van der Waals surface area contributed by atoms with Gasteiger partial charge < -0.3 is 14.8 Å². The summed E-state index contributed by atoms with van der Waals surface area (Å²) >= 11 is 7.01.